The van der Waals surface area contributed by atoms with E-state index in [-0.39, 0.29) is 29.9 Å². The molecule has 0 bridgehead atoms. The van der Waals surface area contributed by atoms with Crippen LogP contribution >= 0.6 is 24.0 Å². The van der Waals surface area contributed by atoms with E-state index < -0.39 is 0 Å². The Bertz CT molecular complexity index is 644. The van der Waals surface area contributed by atoms with Crippen LogP contribution in [0, 0.1) is 0 Å². The number of aryl methyl sites for hydroxylation is 1. The van der Waals surface area contributed by atoms with Crippen LogP contribution in [-0.4, -0.2) is 72.0 Å². The highest BCUT2D eigenvalue weighted by molar-refractivity contribution is 14.0. The number of halogens is 1. The summed E-state index contributed by atoms with van der Waals surface area (Å²) in [5.41, 5.74) is 0.855. The maximum atomic E-state index is 12.6. The summed E-state index contributed by atoms with van der Waals surface area (Å²) in [6, 6.07) is 0. The third kappa shape index (κ3) is 6.33. The van der Waals surface area contributed by atoms with Gasteiger partial charge in [-0.15, -0.1) is 24.0 Å². The molecule has 1 aromatic rings. The monoisotopic (exact) mass is 504 g/mol. The van der Waals surface area contributed by atoms with Crippen molar-refractivity contribution in [2.45, 2.75) is 45.1 Å². The number of rotatable bonds is 7. The molecule has 28 heavy (non-hydrogen) atoms. The minimum atomic E-state index is 0. The van der Waals surface area contributed by atoms with Crippen LogP contribution in [-0.2, 0) is 16.6 Å². The molecular weight excluding hydrogens is 471 g/mol. The van der Waals surface area contributed by atoms with Gasteiger partial charge in [0.25, 0.3) is 0 Å². The van der Waals surface area contributed by atoms with E-state index in [2.05, 4.69) is 10.4 Å². The van der Waals surface area contributed by atoms with Gasteiger partial charge < -0.3 is 19.9 Å². The number of nitrogens with one attached hydrogen (secondary N) is 1. The molecule has 2 aliphatic rings. The molecule has 1 aromatic heterocycles. The van der Waals surface area contributed by atoms with Crippen LogP contribution in [0.1, 0.15) is 39.0 Å². The number of carbonyl (C=O) groups excluding carboxylic acids is 1. The molecule has 0 spiro atoms. The van der Waals surface area contributed by atoms with Crippen molar-refractivity contribution in [2.24, 2.45) is 12.0 Å². The first kappa shape index (κ1) is 22.9. The smallest absolute Gasteiger partial charge is 0.246 e. The standard InChI is InChI=1S/C19H32N6O2.HI/c1-3-20-19(21-9-6-12-27-17-7-4-5-8-17)24-10-11-25(18(26)15-24)16-13-22-23(2)14-16;/h13-14,17H,3-12,15H2,1-2H3,(H,20,21);1H. The number of guanidine groups is 1. The molecule has 9 heteroatoms. The minimum Gasteiger partial charge on any atom is -0.378 e. The molecule has 1 aliphatic heterocycles. The van der Waals surface area contributed by atoms with Crippen molar-refractivity contribution in [1.29, 1.82) is 0 Å². The Kier molecular flexibility index (Phi) is 9.49. The number of hydrogen-bond donors (Lipinski definition) is 1. The van der Waals surface area contributed by atoms with Crippen molar-refractivity contribution < 1.29 is 9.53 Å². The van der Waals surface area contributed by atoms with Gasteiger partial charge in [-0.1, -0.05) is 12.8 Å². The lowest BCUT2D eigenvalue weighted by Gasteiger charge is -2.35. The lowest BCUT2D eigenvalue weighted by atomic mass is 10.3. The molecule has 1 saturated heterocycles. The second kappa shape index (κ2) is 11.6. The van der Waals surface area contributed by atoms with Gasteiger partial charge in [-0.05, 0) is 26.2 Å². The number of aromatic nitrogens is 2. The zero-order valence-corrected chi connectivity index (χ0v) is 19.3. The summed E-state index contributed by atoms with van der Waals surface area (Å²) in [5, 5.41) is 7.47. The van der Waals surface area contributed by atoms with Gasteiger partial charge >= 0.3 is 0 Å². The topological polar surface area (TPSA) is 75.0 Å². The summed E-state index contributed by atoms with van der Waals surface area (Å²) in [6.07, 6.45) is 9.98. The van der Waals surface area contributed by atoms with Crippen LogP contribution in [0.5, 0.6) is 0 Å². The molecule has 2 fully saturated rings. The summed E-state index contributed by atoms with van der Waals surface area (Å²) < 4.78 is 7.62. The first-order chi connectivity index (χ1) is 13.2. The SMILES string of the molecule is CCNC(=NCCCOC1CCCC1)N1CCN(c2cnn(C)c2)C(=O)C1.I. The Morgan fingerprint density at radius 3 is 2.79 bits per heavy atom. The van der Waals surface area contributed by atoms with Crippen molar-refractivity contribution in [3.05, 3.63) is 12.4 Å². The molecule has 158 valence electrons. The fourth-order valence-electron chi connectivity index (χ4n) is 3.66. The normalized spacial score (nSPS) is 18.5. The first-order valence-corrected chi connectivity index (χ1v) is 10.1. The maximum Gasteiger partial charge on any atom is 0.246 e. The molecule has 1 N–H and O–H groups in total. The number of aliphatic imine (C=N–C) groups is 1. The predicted molar refractivity (Wildman–Crippen MR) is 121 cm³/mol. The van der Waals surface area contributed by atoms with E-state index in [0.717, 1.165) is 37.8 Å². The lowest BCUT2D eigenvalue weighted by Crippen LogP contribution is -2.55. The summed E-state index contributed by atoms with van der Waals surface area (Å²) in [6.45, 7) is 6.04. The van der Waals surface area contributed by atoms with E-state index in [1.807, 2.05) is 25.1 Å². The summed E-state index contributed by atoms with van der Waals surface area (Å²) in [5.74, 6) is 0.891. The number of carbonyl (C=O) groups is 1. The Morgan fingerprint density at radius 1 is 1.36 bits per heavy atom. The molecular formula is C19H33IN6O2. The highest BCUT2D eigenvalue weighted by atomic mass is 127. The molecule has 1 amide bonds. The van der Waals surface area contributed by atoms with Crippen molar-refractivity contribution in [3.8, 4) is 0 Å². The van der Waals surface area contributed by atoms with Crippen LogP contribution in [0.4, 0.5) is 5.69 Å². The Hall–Kier alpha value is -1.36. The zero-order chi connectivity index (χ0) is 19.1. The molecule has 0 unspecified atom stereocenters. The van der Waals surface area contributed by atoms with Crippen molar-refractivity contribution in [2.75, 3.05) is 44.2 Å². The van der Waals surface area contributed by atoms with Gasteiger partial charge in [0.05, 0.1) is 18.0 Å². The van der Waals surface area contributed by atoms with Gasteiger partial charge in [0.2, 0.25) is 5.91 Å². The number of nitrogens with zero attached hydrogens (tertiary/aromatic N) is 5. The van der Waals surface area contributed by atoms with E-state index >= 15 is 0 Å². The second-order valence-electron chi connectivity index (χ2n) is 7.21. The van der Waals surface area contributed by atoms with Crippen molar-refractivity contribution in [1.82, 2.24) is 20.0 Å². The van der Waals surface area contributed by atoms with Gasteiger partial charge in [0.1, 0.15) is 6.54 Å². The van der Waals surface area contributed by atoms with E-state index in [1.54, 1.807) is 15.8 Å². The predicted octanol–water partition coefficient (Wildman–Crippen LogP) is 2.00. The van der Waals surface area contributed by atoms with Crippen LogP contribution in [0.25, 0.3) is 0 Å². The fraction of sp³-hybridized carbons (Fsp3) is 0.737. The number of amides is 1. The summed E-state index contributed by atoms with van der Waals surface area (Å²) >= 11 is 0. The fourth-order valence-corrected chi connectivity index (χ4v) is 3.66. The second-order valence-corrected chi connectivity index (χ2v) is 7.21. The third-order valence-electron chi connectivity index (χ3n) is 5.08. The minimum absolute atomic E-state index is 0. The number of ether oxygens (including phenoxy) is 1. The molecule has 0 atom stereocenters. The molecule has 1 aliphatic carbocycles. The van der Waals surface area contributed by atoms with E-state index in [0.29, 0.717) is 25.7 Å². The average molecular weight is 504 g/mol. The average Bonchev–Trinajstić information content (AvgIpc) is 3.32. The Morgan fingerprint density at radius 2 is 2.14 bits per heavy atom. The van der Waals surface area contributed by atoms with Gasteiger partial charge in [-0.3, -0.25) is 14.5 Å². The van der Waals surface area contributed by atoms with Gasteiger partial charge in [-0.25, -0.2) is 0 Å². The summed E-state index contributed by atoms with van der Waals surface area (Å²) in [7, 11) is 1.86. The highest BCUT2D eigenvalue weighted by Gasteiger charge is 2.27. The molecule has 0 radical (unpaired) electrons. The van der Waals surface area contributed by atoms with Crippen LogP contribution in [0.3, 0.4) is 0 Å². The van der Waals surface area contributed by atoms with Gasteiger partial charge in [0.15, 0.2) is 5.96 Å². The molecule has 8 nitrogen and oxygen atoms in total. The number of piperazine rings is 1. The molecule has 2 heterocycles. The van der Waals surface area contributed by atoms with E-state index in [1.165, 1.54) is 25.7 Å². The lowest BCUT2D eigenvalue weighted by molar-refractivity contribution is -0.120. The number of hydrogen-bond acceptors (Lipinski definition) is 4. The third-order valence-corrected chi connectivity index (χ3v) is 5.08. The number of anilines is 1. The van der Waals surface area contributed by atoms with Crippen LogP contribution in [0.15, 0.2) is 17.4 Å². The largest absolute Gasteiger partial charge is 0.378 e. The quantitative estimate of drug-likeness (QED) is 0.266. The molecule has 0 aromatic carbocycles. The van der Waals surface area contributed by atoms with Crippen LogP contribution in [0.2, 0.25) is 0 Å². The molecule has 3 rings (SSSR count). The van der Waals surface area contributed by atoms with Crippen molar-refractivity contribution in [3.63, 3.8) is 0 Å². The maximum absolute atomic E-state index is 12.6. The van der Waals surface area contributed by atoms with E-state index in [9.17, 15) is 4.79 Å². The molecule has 1 saturated carbocycles. The van der Waals surface area contributed by atoms with E-state index in [4.69, 9.17) is 9.73 Å². The van der Waals surface area contributed by atoms with Crippen molar-refractivity contribution >= 4 is 41.5 Å². The first-order valence-electron chi connectivity index (χ1n) is 10.1. The highest BCUT2D eigenvalue weighted by Crippen LogP contribution is 2.21. The summed E-state index contributed by atoms with van der Waals surface area (Å²) in [4.78, 5) is 21.1. The van der Waals surface area contributed by atoms with Gasteiger partial charge in [-0.2, -0.15) is 5.10 Å². The Labute approximate surface area is 184 Å². The van der Waals surface area contributed by atoms with Crippen LogP contribution < -0.4 is 10.2 Å². The zero-order valence-electron chi connectivity index (χ0n) is 17.0. The van der Waals surface area contributed by atoms with Gasteiger partial charge in [0, 0.05) is 46.0 Å². The Balaban J connectivity index is 0.00000280.